The number of aromatic nitrogens is 1. The first-order valence-electron chi connectivity index (χ1n) is 14.5. The SMILES string of the molecule is O=C(/C=C/c1ccc(OCCN2CCCC2)cc1)N1CCc2c([nH]c3ccccc23)C1c1ccc2c(c1)CCO2. The minimum atomic E-state index is -0.175. The molecule has 1 amide bonds. The molecule has 1 unspecified atom stereocenters. The number of H-pyrrole nitrogens is 1. The molecule has 40 heavy (non-hydrogen) atoms. The van der Waals surface area contributed by atoms with Gasteiger partial charge in [0.25, 0.3) is 0 Å². The molecule has 1 fully saturated rings. The molecule has 0 spiro atoms. The van der Waals surface area contributed by atoms with Crippen molar-refractivity contribution in [3.05, 3.63) is 101 Å². The molecule has 0 aliphatic carbocycles. The van der Waals surface area contributed by atoms with Crippen molar-refractivity contribution in [2.75, 3.05) is 39.4 Å². The van der Waals surface area contributed by atoms with E-state index in [0.717, 1.165) is 59.8 Å². The number of para-hydroxylation sites is 1. The topological polar surface area (TPSA) is 57.8 Å². The first-order chi connectivity index (χ1) is 19.7. The van der Waals surface area contributed by atoms with E-state index in [1.165, 1.54) is 42.4 Å². The maximum absolute atomic E-state index is 13.7. The van der Waals surface area contributed by atoms with Gasteiger partial charge >= 0.3 is 0 Å². The molecule has 0 radical (unpaired) electrons. The maximum Gasteiger partial charge on any atom is 0.247 e. The van der Waals surface area contributed by atoms with E-state index >= 15 is 0 Å². The van der Waals surface area contributed by atoms with Crippen LogP contribution in [-0.2, 0) is 17.6 Å². The minimum absolute atomic E-state index is 0.0111. The molecule has 204 valence electrons. The summed E-state index contributed by atoms with van der Waals surface area (Å²) >= 11 is 0. The number of amides is 1. The van der Waals surface area contributed by atoms with Gasteiger partial charge in [-0.25, -0.2) is 0 Å². The second-order valence-corrected chi connectivity index (χ2v) is 11.0. The van der Waals surface area contributed by atoms with Crippen molar-refractivity contribution in [2.45, 2.75) is 31.7 Å². The van der Waals surface area contributed by atoms with Crippen LogP contribution >= 0.6 is 0 Å². The lowest BCUT2D eigenvalue weighted by atomic mass is 9.91. The highest BCUT2D eigenvalue weighted by Crippen LogP contribution is 2.40. The molecule has 3 aromatic carbocycles. The lowest BCUT2D eigenvalue weighted by Gasteiger charge is -2.36. The largest absolute Gasteiger partial charge is 0.493 e. The van der Waals surface area contributed by atoms with Gasteiger partial charge in [0.1, 0.15) is 18.1 Å². The molecule has 1 atom stereocenters. The molecular weight excluding hydrogens is 498 g/mol. The van der Waals surface area contributed by atoms with Crippen LogP contribution in [0.1, 0.15) is 46.8 Å². The van der Waals surface area contributed by atoms with Gasteiger partial charge in [0, 0.05) is 42.2 Å². The molecule has 0 bridgehead atoms. The third kappa shape index (κ3) is 4.88. The summed E-state index contributed by atoms with van der Waals surface area (Å²) < 4.78 is 11.7. The number of aromatic amines is 1. The Morgan fingerprint density at radius 3 is 2.73 bits per heavy atom. The van der Waals surface area contributed by atoms with Crippen molar-refractivity contribution in [1.29, 1.82) is 0 Å². The number of likely N-dealkylation sites (tertiary alicyclic amines) is 1. The Labute approximate surface area is 235 Å². The van der Waals surface area contributed by atoms with Gasteiger partial charge in [0.2, 0.25) is 5.91 Å². The molecule has 6 nitrogen and oxygen atoms in total. The Hall–Kier alpha value is -4.03. The number of fused-ring (bicyclic) bond motifs is 4. The molecule has 4 aromatic rings. The summed E-state index contributed by atoms with van der Waals surface area (Å²) in [6.45, 7) is 5.43. The Morgan fingerprint density at radius 2 is 1.85 bits per heavy atom. The van der Waals surface area contributed by atoms with E-state index < -0.39 is 0 Å². The molecule has 6 heteroatoms. The number of carbonyl (C=O) groups excluding carboxylic acids is 1. The molecule has 1 aromatic heterocycles. The fourth-order valence-electron chi connectivity index (χ4n) is 6.44. The van der Waals surface area contributed by atoms with Crippen molar-refractivity contribution in [1.82, 2.24) is 14.8 Å². The van der Waals surface area contributed by atoms with Gasteiger partial charge in [-0.1, -0.05) is 36.4 Å². The van der Waals surface area contributed by atoms with Crippen molar-refractivity contribution >= 4 is 22.9 Å². The van der Waals surface area contributed by atoms with Crippen LogP contribution in [0.3, 0.4) is 0 Å². The van der Waals surface area contributed by atoms with E-state index in [2.05, 4.69) is 52.3 Å². The summed E-state index contributed by atoms with van der Waals surface area (Å²) in [5.41, 5.74) is 6.86. The van der Waals surface area contributed by atoms with Gasteiger partial charge in [-0.05, 0) is 91.0 Å². The summed E-state index contributed by atoms with van der Waals surface area (Å²) in [7, 11) is 0. The fraction of sp³-hybridized carbons (Fsp3) is 0.324. The van der Waals surface area contributed by atoms with Crippen molar-refractivity contribution in [3.63, 3.8) is 0 Å². The lowest BCUT2D eigenvalue weighted by Crippen LogP contribution is -2.39. The van der Waals surface area contributed by atoms with Crippen LogP contribution in [0.15, 0.2) is 72.8 Å². The molecule has 0 saturated carbocycles. The van der Waals surface area contributed by atoms with E-state index in [1.807, 2.05) is 35.2 Å². The highest BCUT2D eigenvalue weighted by molar-refractivity contribution is 5.93. The number of benzene rings is 3. The fourth-order valence-corrected chi connectivity index (χ4v) is 6.44. The maximum atomic E-state index is 13.7. The minimum Gasteiger partial charge on any atom is -0.493 e. The van der Waals surface area contributed by atoms with Crippen LogP contribution in [-0.4, -0.2) is 60.1 Å². The smallest absolute Gasteiger partial charge is 0.247 e. The van der Waals surface area contributed by atoms with Crippen molar-refractivity contribution in [2.24, 2.45) is 0 Å². The van der Waals surface area contributed by atoms with Crippen LogP contribution in [0.5, 0.6) is 11.5 Å². The highest BCUT2D eigenvalue weighted by Gasteiger charge is 2.34. The average molecular weight is 534 g/mol. The molecule has 3 aliphatic rings. The number of nitrogens with one attached hydrogen (secondary N) is 1. The number of ether oxygens (including phenoxy) is 2. The first-order valence-corrected chi connectivity index (χ1v) is 14.5. The third-order valence-electron chi connectivity index (χ3n) is 8.52. The Bertz CT molecular complexity index is 1550. The van der Waals surface area contributed by atoms with Crippen molar-refractivity contribution < 1.29 is 14.3 Å². The summed E-state index contributed by atoms with van der Waals surface area (Å²) in [5, 5.41) is 1.25. The predicted octanol–water partition coefficient (Wildman–Crippen LogP) is 5.76. The van der Waals surface area contributed by atoms with Gasteiger partial charge in [0.05, 0.1) is 12.6 Å². The normalized spacial score (nSPS) is 18.7. The zero-order chi connectivity index (χ0) is 26.9. The van der Waals surface area contributed by atoms with Crippen molar-refractivity contribution in [3.8, 4) is 11.5 Å². The second kappa shape index (κ2) is 10.9. The average Bonchev–Trinajstić information content (AvgIpc) is 3.76. The Morgan fingerprint density at radius 1 is 1.00 bits per heavy atom. The zero-order valence-corrected chi connectivity index (χ0v) is 22.8. The van der Waals surface area contributed by atoms with E-state index in [9.17, 15) is 4.79 Å². The van der Waals surface area contributed by atoms with Crippen LogP contribution in [0.25, 0.3) is 17.0 Å². The zero-order valence-electron chi connectivity index (χ0n) is 22.8. The molecular formula is C34H35N3O3. The van der Waals surface area contributed by atoms with E-state index in [0.29, 0.717) is 13.2 Å². The molecule has 4 heterocycles. The molecule has 7 rings (SSSR count). The third-order valence-corrected chi connectivity index (χ3v) is 8.52. The number of hydrogen-bond donors (Lipinski definition) is 1. The van der Waals surface area contributed by atoms with Crippen LogP contribution in [0.2, 0.25) is 0 Å². The standard InChI is InChI=1S/C34H35N3O3/c38-32(14-9-24-7-11-27(12-8-24)39-22-20-36-17-3-4-18-36)37-19-15-29-28-5-1-2-6-30(28)35-33(29)34(37)26-10-13-31-25(23-26)16-21-40-31/h1-2,5-14,23,34-35H,3-4,15-22H2/b14-9+. The first kappa shape index (κ1) is 25.0. The number of carbonyl (C=O) groups is 1. The summed E-state index contributed by atoms with van der Waals surface area (Å²) in [6.07, 6.45) is 7.94. The summed E-state index contributed by atoms with van der Waals surface area (Å²) in [6, 6.07) is 22.7. The molecule has 1 N–H and O–H groups in total. The van der Waals surface area contributed by atoms with E-state index in [-0.39, 0.29) is 11.9 Å². The van der Waals surface area contributed by atoms with Crippen LogP contribution in [0.4, 0.5) is 0 Å². The van der Waals surface area contributed by atoms with E-state index in [1.54, 1.807) is 6.08 Å². The van der Waals surface area contributed by atoms with Crippen LogP contribution in [0, 0.1) is 0 Å². The van der Waals surface area contributed by atoms with Crippen LogP contribution < -0.4 is 9.47 Å². The molecule has 3 aliphatic heterocycles. The lowest BCUT2D eigenvalue weighted by molar-refractivity contribution is -0.128. The number of hydrogen-bond acceptors (Lipinski definition) is 4. The van der Waals surface area contributed by atoms with Gasteiger partial charge in [-0.15, -0.1) is 0 Å². The summed E-state index contributed by atoms with van der Waals surface area (Å²) in [4.78, 5) is 21.8. The highest BCUT2D eigenvalue weighted by atomic mass is 16.5. The van der Waals surface area contributed by atoms with Gasteiger partial charge in [0.15, 0.2) is 0 Å². The molecule has 1 saturated heterocycles. The van der Waals surface area contributed by atoms with E-state index in [4.69, 9.17) is 9.47 Å². The quantitative estimate of drug-likeness (QED) is 0.307. The van der Waals surface area contributed by atoms with Gasteiger partial charge < -0.3 is 19.4 Å². The predicted molar refractivity (Wildman–Crippen MR) is 158 cm³/mol. The Kier molecular flexibility index (Phi) is 6.78. The monoisotopic (exact) mass is 533 g/mol. The number of nitrogens with zero attached hydrogens (tertiary/aromatic N) is 2. The van der Waals surface area contributed by atoms with Gasteiger partial charge in [-0.3, -0.25) is 9.69 Å². The second-order valence-electron chi connectivity index (χ2n) is 11.0. The Balaban J connectivity index is 1.11. The number of rotatable bonds is 7. The summed E-state index contributed by atoms with van der Waals surface area (Å²) in [5.74, 6) is 1.83. The van der Waals surface area contributed by atoms with Gasteiger partial charge in [-0.2, -0.15) is 0 Å².